The molecule has 122 valence electrons. The van der Waals surface area contributed by atoms with Crippen molar-refractivity contribution < 1.29 is 9.21 Å². The van der Waals surface area contributed by atoms with Crippen molar-refractivity contribution in [1.82, 2.24) is 9.88 Å². The van der Waals surface area contributed by atoms with Crippen LogP contribution in [-0.4, -0.2) is 15.8 Å². The third-order valence-corrected chi connectivity index (χ3v) is 4.88. The summed E-state index contributed by atoms with van der Waals surface area (Å²) in [7, 11) is 0. The summed E-state index contributed by atoms with van der Waals surface area (Å²) in [6.07, 6.45) is 3.66. The molecule has 1 N–H and O–H groups in total. The van der Waals surface area contributed by atoms with Gasteiger partial charge in [-0.15, -0.1) is 0 Å². The molecular formula is C21H16N2O2. The molecule has 1 unspecified atom stereocenters. The monoisotopic (exact) mass is 328 g/mol. The number of fused-ring (bicyclic) bond motifs is 2. The van der Waals surface area contributed by atoms with E-state index < -0.39 is 0 Å². The Morgan fingerprint density at radius 1 is 0.960 bits per heavy atom. The third kappa shape index (κ3) is 2.11. The molecule has 4 nitrogen and oxygen atoms in total. The second-order valence-electron chi connectivity index (χ2n) is 6.29. The zero-order chi connectivity index (χ0) is 16.8. The fourth-order valence-corrected chi connectivity index (χ4v) is 3.76. The van der Waals surface area contributed by atoms with Gasteiger partial charge in [0, 0.05) is 28.2 Å². The maximum Gasteiger partial charge on any atom is 0.255 e. The molecule has 2 aromatic heterocycles. The fraction of sp³-hybridized carbons (Fsp3) is 0.0952. The van der Waals surface area contributed by atoms with E-state index >= 15 is 0 Å². The number of nitrogens with one attached hydrogen (secondary N) is 1. The Hall–Kier alpha value is -3.27. The first-order valence-corrected chi connectivity index (χ1v) is 8.31. The number of aromatic nitrogens is 1. The SMILES string of the molecule is O=C1c2ccccc2C(c2c[nH]c3ccccc23)N1Cc1ccco1. The van der Waals surface area contributed by atoms with Crippen molar-refractivity contribution in [1.29, 1.82) is 0 Å². The molecule has 4 aromatic rings. The Morgan fingerprint density at radius 3 is 2.68 bits per heavy atom. The number of carbonyl (C=O) groups is 1. The van der Waals surface area contributed by atoms with E-state index in [-0.39, 0.29) is 11.9 Å². The number of aromatic amines is 1. The molecule has 25 heavy (non-hydrogen) atoms. The minimum Gasteiger partial charge on any atom is -0.467 e. The summed E-state index contributed by atoms with van der Waals surface area (Å²) in [4.78, 5) is 18.3. The van der Waals surface area contributed by atoms with Crippen LogP contribution in [0.5, 0.6) is 0 Å². The molecule has 3 heterocycles. The number of benzene rings is 2. The van der Waals surface area contributed by atoms with Crippen LogP contribution in [0.4, 0.5) is 0 Å². The largest absolute Gasteiger partial charge is 0.467 e. The lowest BCUT2D eigenvalue weighted by molar-refractivity contribution is 0.0724. The molecule has 1 atom stereocenters. The highest BCUT2D eigenvalue weighted by Gasteiger charge is 2.38. The van der Waals surface area contributed by atoms with Crippen molar-refractivity contribution in [3.63, 3.8) is 0 Å². The zero-order valence-corrected chi connectivity index (χ0v) is 13.5. The molecule has 2 aromatic carbocycles. The van der Waals surface area contributed by atoms with Gasteiger partial charge in [0.15, 0.2) is 0 Å². The van der Waals surface area contributed by atoms with Crippen molar-refractivity contribution in [2.45, 2.75) is 12.6 Å². The first-order chi connectivity index (χ1) is 12.3. The lowest BCUT2D eigenvalue weighted by Crippen LogP contribution is -2.28. The van der Waals surface area contributed by atoms with E-state index in [1.807, 2.05) is 59.6 Å². The zero-order valence-electron chi connectivity index (χ0n) is 13.5. The Kier molecular flexibility index (Phi) is 3.04. The molecule has 1 amide bonds. The molecule has 0 fully saturated rings. The second kappa shape index (κ2) is 5.38. The number of amides is 1. The summed E-state index contributed by atoms with van der Waals surface area (Å²) in [5.41, 5.74) is 4.00. The molecule has 0 saturated carbocycles. The van der Waals surface area contributed by atoms with Crippen LogP contribution in [0.2, 0.25) is 0 Å². The first kappa shape index (κ1) is 14.1. The average molecular weight is 328 g/mol. The molecular weight excluding hydrogens is 312 g/mol. The van der Waals surface area contributed by atoms with Crippen molar-refractivity contribution in [3.05, 3.63) is 95.6 Å². The molecule has 4 heteroatoms. The predicted octanol–water partition coefficient (Wildman–Crippen LogP) is 4.51. The van der Waals surface area contributed by atoms with E-state index in [0.29, 0.717) is 6.54 Å². The summed E-state index contributed by atoms with van der Waals surface area (Å²) in [5.74, 6) is 0.827. The van der Waals surface area contributed by atoms with E-state index in [2.05, 4.69) is 17.1 Å². The van der Waals surface area contributed by atoms with Gasteiger partial charge in [-0.05, 0) is 29.8 Å². The number of hydrogen-bond donors (Lipinski definition) is 1. The highest BCUT2D eigenvalue weighted by atomic mass is 16.3. The molecule has 5 rings (SSSR count). The molecule has 0 aliphatic carbocycles. The van der Waals surface area contributed by atoms with Crippen molar-refractivity contribution >= 4 is 16.8 Å². The normalized spacial score (nSPS) is 16.6. The van der Waals surface area contributed by atoms with Crippen LogP contribution in [0.1, 0.15) is 33.3 Å². The van der Waals surface area contributed by atoms with E-state index in [0.717, 1.165) is 33.4 Å². The molecule has 1 aliphatic heterocycles. The van der Waals surface area contributed by atoms with E-state index in [9.17, 15) is 4.79 Å². The number of carbonyl (C=O) groups excluding carboxylic acids is 1. The number of hydrogen-bond acceptors (Lipinski definition) is 2. The minimum atomic E-state index is -0.120. The van der Waals surface area contributed by atoms with Gasteiger partial charge in [-0.2, -0.15) is 0 Å². The quantitative estimate of drug-likeness (QED) is 0.602. The van der Waals surface area contributed by atoms with Gasteiger partial charge < -0.3 is 14.3 Å². The van der Waals surface area contributed by atoms with Gasteiger partial charge in [0.1, 0.15) is 5.76 Å². The summed E-state index contributed by atoms with van der Waals surface area (Å²) < 4.78 is 5.49. The molecule has 0 bridgehead atoms. The van der Waals surface area contributed by atoms with Crippen LogP contribution in [0.15, 0.2) is 77.5 Å². The molecule has 1 aliphatic rings. The predicted molar refractivity (Wildman–Crippen MR) is 95.2 cm³/mol. The standard InChI is InChI=1S/C21H16N2O2/c24-21-17-9-2-1-8-16(17)20(23(21)13-14-6-5-11-25-14)18-12-22-19-10-4-3-7-15(18)19/h1-12,20,22H,13H2. The highest BCUT2D eigenvalue weighted by Crippen LogP contribution is 2.41. The Morgan fingerprint density at radius 2 is 1.80 bits per heavy atom. The Bertz CT molecular complexity index is 1060. The van der Waals surface area contributed by atoms with Gasteiger partial charge in [0.2, 0.25) is 0 Å². The van der Waals surface area contributed by atoms with Crippen LogP contribution in [-0.2, 0) is 6.54 Å². The minimum absolute atomic E-state index is 0.0438. The summed E-state index contributed by atoms with van der Waals surface area (Å²) in [5, 5.41) is 1.14. The Balaban J connectivity index is 1.69. The van der Waals surface area contributed by atoms with Crippen LogP contribution in [0, 0.1) is 0 Å². The number of nitrogens with zero attached hydrogens (tertiary/aromatic N) is 1. The number of H-pyrrole nitrogens is 1. The second-order valence-corrected chi connectivity index (χ2v) is 6.29. The fourth-order valence-electron chi connectivity index (χ4n) is 3.76. The van der Waals surface area contributed by atoms with Gasteiger partial charge in [-0.25, -0.2) is 0 Å². The van der Waals surface area contributed by atoms with Crippen LogP contribution in [0.25, 0.3) is 10.9 Å². The van der Waals surface area contributed by atoms with Crippen molar-refractivity contribution in [2.24, 2.45) is 0 Å². The van der Waals surface area contributed by atoms with Crippen molar-refractivity contribution in [2.75, 3.05) is 0 Å². The van der Waals surface area contributed by atoms with Crippen LogP contribution in [0.3, 0.4) is 0 Å². The Labute approximate surface area is 144 Å². The third-order valence-electron chi connectivity index (χ3n) is 4.88. The summed E-state index contributed by atoms with van der Waals surface area (Å²) in [6, 6.07) is 19.7. The molecule has 0 spiro atoms. The van der Waals surface area contributed by atoms with Crippen molar-refractivity contribution in [3.8, 4) is 0 Å². The lowest BCUT2D eigenvalue weighted by Gasteiger charge is -2.24. The van der Waals surface area contributed by atoms with Gasteiger partial charge >= 0.3 is 0 Å². The lowest BCUT2D eigenvalue weighted by atomic mass is 9.97. The highest BCUT2D eigenvalue weighted by molar-refractivity contribution is 6.00. The van der Waals surface area contributed by atoms with E-state index in [4.69, 9.17) is 4.42 Å². The summed E-state index contributed by atoms with van der Waals surface area (Å²) in [6.45, 7) is 0.449. The number of para-hydroxylation sites is 1. The van der Waals surface area contributed by atoms with Crippen LogP contribution < -0.4 is 0 Å². The van der Waals surface area contributed by atoms with Crippen LogP contribution >= 0.6 is 0 Å². The smallest absolute Gasteiger partial charge is 0.255 e. The number of rotatable bonds is 3. The topological polar surface area (TPSA) is 49.2 Å². The van der Waals surface area contributed by atoms with Gasteiger partial charge in [0.05, 0.1) is 18.8 Å². The average Bonchev–Trinajstić information content (AvgIpc) is 3.36. The van der Waals surface area contributed by atoms with E-state index in [1.54, 1.807) is 6.26 Å². The van der Waals surface area contributed by atoms with E-state index in [1.165, 1.54) is 0 Å². The first-order valence-electron chi connectivity index (χ1n) is 8.31. The molecule has 0 saturated heterocycles. The summed E-state index contributed by atoms with van der Waals surface area (Å²) >= 11 is 0. The maximum atomic E-state index is 13.0. The van der Waals surface area contributed by atoms with Gasteiger partial charge in [-0.3, -0.25) is 4.79 Å². The number of furan rings is 1. The maximum absolute atomic E-state index is 13.0. The molecule has 0 radical (unpaired) electrons. The van der Waals surface area contributed by atoms with Gasteiger partial charge in [0.25, 0.3) is 5.91 Å². The van der Waals surface area contributed by atoms with Gasteiger partial charge in [-0.1, -0.05) is 36.4 Å².